The number of nitrogens with zero attached hydrogens (tertiary/aromatic N) is 2. The summed E-state index contributed by atoms with van der Waals surface area (Å²) in [7, 11) is 0. The Balaban J connectivity index is 1.50. The van der Waals surface area contributed by atoms with Gasteiger partial charge in [0.05, 0.1) is 13.2 Å². The summed E-state index contributed by atoms with van der Waals surface area (Å²) in [5.74, 6) is -2.53. The molecule has 0 spiro atoms. The molecule has 1 saturated heterocycles. The zero-order chi connectivity index (χ0) is 25.9. The predicted molar refractivity (Wildman–Crippen MR) is 122 cm³/mol. The summed E-state index contributed by atoms with van der Waals surface area (Å²) < 4.78 is 61.5. The van der Waals surface area contributed by atoms with Crippen molar-refractivity contribution >= 4 is 23.2 Å². The van der Waals surface area contributed by atoms with Crippen molar-refractivity contribution in [2.75, 3.05) is 43.1 Å². The highest BCUT2D eigenvalue weighted by Gasteiger charge is 2.29. The molecular weight excluding hydrogens is 484 g/mol. The van der Waals surface area contributed by atoms with E-state index in [0.717, 1.165) is 6.07 Å². The Morgan fingerprint density at radius 2 is 1.81 bits per heavy atom. The quantitative estimate of drug-likeness (QED) is 0.488. The van der Waals surface area contributed by atoms with Gasteiger partial charge in [-0.3, -0.25) is 9.59 Å². The number of rotatable bonds is 6. The molecule has 0 bridgehead atoms. The van der Waals surface area contributed by atoms with E-state index in [0.29, 0.717) is 48.8 Å². The van der Waals surface area contributed by atoms with Crippen LogP contribution in [0.4, 0.5) is 28.9 Å². The van der Waals surface area contributed by atoms with Gasteiger partial charge in [-0.15, -0.1) is 0 Å². The molecule has 12 heteroatoms. The number of aryl methyl sites for hydroxylation is 1. The molecular formula is C24H22F4N4O4. The SMILES string of the molecule is Cc1ccc(NC(=O)c2cc(F)cc(N3CCOCC3)c2)cc1-c1cc(C(=O)NCC(F)(F)F)on1. The molecule has 8 nitrogen and oxygen atoms in total. The van der Waals surface area contributed by atoms with Gasteiger partial charge < -0.3 is 24.8 Å². The zero-order valence-electron chi connectivity index (χ0n) is 19.1. The van der Waals surface area contributed by atoms with Gasteiger partial charge in [-0.2, -0.15) is 13.2 Å². The normalized spacial score (nSPS) is 14.0. The van der Waals surface area contributed by atoms with E-state index in [9.17, 15) is 27.2 Å². The maximum Gasteiger partial charge on any atom is 0.405 e. The van der Waals surface area contributed by atoms with Gasteiger partial charge in [0.25, 0.3) is 11.8 Å². The molecule has 0 radical (unpaired) electrons. The zero-order valence-corrected chi connectivity index (χ0v) is 19.1. The van der Waals surface area contributed by atoms with Gasteiger partial charge in [0.15, 0.2) is 0 Å². The molecule has 2 heterocycles. The Labute approximate surface area is 203 Å². The second-order valence-electron chi connectivity index (χ2n) is 8.16. The number of nitrogens with one attached hydrogen (secondary N) is 2. The average Bonchev–Trinajstić information content (AvgIpc) is 3.33. The summed E-state index contributed by atoms with van der Waals surface area (Å²) in [5.41, 5.74) is 2.46. The number of alkyl halides is 3. The molecule has 0 atom stereocenters. The van der Waals surface area contributed by atoms with Crippen molar-refractivity contribution in [3.05, 3.63) is 65.2 Å². The highest BCUT2D eigenvalue weighted by atomic mass is 19.4. The smallest absolute Gasteiger partial charge is 0.378 e. The minimum absolute atomic E-state index is 0.128. The standard InChI is InChI=1S/C24H22F4N4O4/c1-14-2-3-17(11-19(14)20-12-21(36-31-20)23(34)29-13-24(26,27)28)30-22(33)15-8-16(25)10-18(9-15)32-4-6-35-7-5-32/h2-3,8-12H,4-7,13H2,1H3,(H,29,34)(H,30,33). The predicted octanol–water partition coefficient (Wildman–Crippen LogP) is 4.17. The monoisotopic (exact) mass is 506 g/mol. The van der Waals surface area contributed by atoms with E-state index in [-0.39, 0.29) is 11.3 Å². The molecule has 2 amide bonds. The molecule has 1 fully saturated rings. The van der Waals surface area contributed by atoms with E-state index in [1.807, 2.05) is 4.90 Å². The van der Waals surface area contributed by atoms with E-state index >= 15 is 0 Å². The number of hydrogen-bond donors (Lipinski definition) is 2. The fourth-order valence-corrected chi connectivity index (χ4v) is 3.67. The van der Waals surface area contributed by atoms with Crippen LogP contribution in [-0.4, -0.2) is 56.0 Å². The third-order valence-corrected chi connectivity index (χ3v) is 5.48. The van der Waals surface area contributed by atoms with Crippen molar-refractivity contribution < 1.29 is 36.4 Å². The lowest BCUT2D eigenvalue weighted by Crippen LogP contribution is -2.36. The summed E-state index contributed by atoms with van der Waals surface area (Å²) in [6, 6.07) is 10.2. The molecule has 2 N–H and O–H groups in total. The van der Waals surface area contributed by atoms with Crippen molar-refractivity contribution in [1.82, 2.24) is 10.5 Å². The highest BCUT2D eigenvalue weighted by molar-refractivity contribution is 6.05. The van der Waals surface area contributed by atoms with Gasteiger partial charge in [-0.05, 0) is 42.8 Å². The first kappa shape index (κ1) is 25.2. The van der Waals surface area contributed by atoms with Gasteiger partial charge in [0.1, 0.15) is 18.1 Å². The molecule has 190 valence electrons. The van der Waals surface area contributed by atoms with Crippen LogP contribution in [0.25, 0.3) is 11.3 Å². The molecule has 4 rings (SSSR count). The lowest BCUT2D eigenvalue weighted by atomic mass is 10.0. The number of anilines is 2. The van der Waals surface area contributed by atoms with Crippen molar-refractivity contribution in [2.24, 2.45) is 0 Å². The topological polar surface area (TPSA) is 96.7 Å². The van der Waals surface area contributed by atoms with Crippen LogP contribution in [0.5, 0.6) is 0 Å². The summed E-state index contributed by atoms with van der Waals surface area (Å²) in [6.07, 6.45) is -4.56. The van der Waals surface area contributed by atoms with E-state index in [1.54, 1.807) is 36.5 Å². The van der Waals surface area contributed by atoms with Crippen molar-refractivity contribution in [1.29, 1.82) is 0 Å². The van der Waals surface area contributed by atoms with E-state index in [1.165, 1.54) is 12.1 Å². The molecule has 2 aromatic carbocycles. The van der Waals surface area contributed by atoms with Gasteiger partial charge in [-0.1, -0.05) is 11.2 Å². The van der Waals surface area contributed by atoms with Crippen LogP contribution in [0.15, 0.2) is 47.0 Å². The second kappa shape index (κ2) is 10.4. The largest absolute Gasteiger partial charge is 0.405 e. The highest BCUT2D eigenvalue weighted by Crippen LogP contribution is 2.27. The fraction of sp³-hybridized carbons (Fsp3) is 0.292. The van der Waals surface area contributed by atoms with Crippen LogP contribution >= 0.6 is 0 Å². The van der Waals surface area contributed by atoms with Crippen LogP contribution in [0.1, 0.15) is 26.5 Å². The second-order valence-corrected chi connectivity index (χ2v) is 8.16. The Bertz CT molecular complexity index is 1270. The molecule has 0 unspecified atom stereocenters. The summed E-state index contributed by atoms with van der Waals surface area (Å²) in [4.78, 5) is 26.7. The number of aromatic nitrogens is 1. The van der Waals surface area contributed by atoms with Gasteiger partial charge in [-0.25, -0.2) is 4.39 Å². The minimum atomic E-state index is -4.56. The third-order valence-electron chi connectivity index (χ3n) is 5.48. The summed E-state index contributed by atoms with van der Waals surface area (Å²) in [5, 5.41) is 8.19. The van der Waals surface area contributed by atoms with Gasteiger partial charge in [0, 0.05) is 41.7 Å². The number of ether oxygens (including phenoxy) is 1. The Morgan fingerprint density at radius 1 is 1.06 bits per heavy atom. The molecule has 1 aliphatic rings. The minimum Gasteiger partial charge on any atom is -0.378 e. The molecule has 0 aliphatic carbocycles. The van der Waals surface area contributed by atoms with Crippen molar-refractivity contribution in [2.45, 2.75) is 13.1 Å². The number of carbonyl (C=O) groups excluding carboxylic acids is 2. The van der Waals surface area contributed by atoms with Crippen LogP contribution in [-0.2, 0) is 4.74 Å². The number of carbonyl (C=O) groups is 2. The molecule has 1 aliphatic heterocycles. The first-order valence-corrected chi connectivity index (χ1v) is 11.0. The molecule has 36 heavy (non-hydrogen) atoms. The third kappa shape index (κ3) is 6.19. The lowest BCUT2D eigenvalue weighted by molar-refractivity contribution is -0.123. The van der Waals surface area contributed by atoms with E-state index in [2.05, 4.69) is 10.5 Å². The van der Waals surface area contributed by atoms with Crippen LogP contribution in [0.2, 0.25) is 0 Å². The number of amides is 2. The number of hydrogen-bond acceptors (Lipinski definition) is 6. The number of benzene rings is 2. The van der Waals surface area contributed by atoms with Crippen LogP contribution in [0, 0.1) is 12.7 Å². The van der Waals surface area contributed by atoms with Crippen LogP contribution < -0.4 is 15.5 Å². The summed E-state index contributed by atoms with van der Waals surface area (Å²) in [6.45, 7) is 2.44. The first-order valence-electron chi connectivity index (χ1n) is 11.0. The Morgan fingerprint density at radius 3 is 2.53 bits per heavy atom. The first-order chi connectivity index (χ1) is 17.1. The molecule has 0 saturated carbocycles. The van der Waals surface area contributed by atoms with Crippen molar-refractivity contribution in [3.63, 3.8) is 0 Å². The maximum atomic E-state index is 14.3. The van der Waals surface area contributed by atoms with E-state index in [4.69, 9.17) is 9.26 Å². The van der Waals surface area contributed by atoms with Gasteiger partial charge >= 0.3 is 6.18 Å². The number of morpholine rings is 1. The van der Waals surface area contributed by atoms with Crippen LogP contribution in [0.3, 0.4) is 0 Å². The fourth-order valence-electron chi connectivity index (χ4n) is 3.67. The average molecular weight is 506 g/mol. The van der Waals surface area contributed by atoms with E-state index < -0.39 is 36.1 Å². The Kier molecular flexibility index (Phi) is 7.25. The molecule has 3 aromatic rings. The number of halogens is 4. The summed E-state index contributed by atoms with van der Waals surface area (Å²) >= 11 is 0. The Hall–Kier alpha value is -3.93. The van der Waals surface area contributed by atoms with Crippen molar-refractivity contribution in [3.8, 4) is 11.3 Å². The molecule has 1 aromatic heterocycles. The maximum absolute atomic E-state index is 14.3. The van der Waals surface area contributed by atoms with Gasteiger partial charge in [0.2, 0.25) is 5.76 Å². The lowest BCUT2D eigenvalue weighted by Gasteiger charge is -2.29.